The molecule has 2 aliphatic rings. The molecule has 5 nitrogen and oxygen atoms in total. The van der Waals surface area contributed by atoms with E-state index in [1.54, 1.807) is 23.1 Å². The Balaban J connectivity index is 1.54. The molecule has 5 rings (SSSR count). The van der Waals surface area contributed by atoms with Gasteiger partial charge in [-0.1, -0.05) is 0 Å². The van der Waals surface area contributed by atoms with E-state index in [0.717, 1.165) is 60.2 Å². The Bertz CT molecular complexity index is 945. The van der Waals surface area contributed by atoms with Crippen LogP contribution in [0.15, 0.2) is 14.7 Å². The van der Waals surface area contributed by atoms with Gasteiger partial charge in [0.05, 0.1) is 13.2 Å². The molecule has 1 N–H and O–H groups in total. The van der Waals surface area contributed by atoms with Crippen molar-refractivity contribution in [3.8, 4) is 0 Å². The van der Waals surface area contributed by atoms with Crippen LogP contribution in [-0.2, 0) is 24.1 Å². The SMILES string of the molecule is Cc1csc(Sc2nc(C[NH+]3CCOCC3)nc3sc4c(c23)CCC4)n1. The van der Waals surface area contributed by atoms with E-state index in [1.807, 2.05) is 18.3 Å². The first kappa shape index (κ1) is 17.1. The fourth-order valence-corrected chi connectivity index (χ4v) is 6.95. The molecular formula is C18H21N4OS3+. The van der Waals surface area contributed by atoms with Crippen LogP contribution in [0.5, 0.6) is 0 Å². The lowest BCUT2D eigenvalue weighted by molar-refractivity contribution is -0.922. The van der Waals surface area contributed by atoms with Gasteiger partial charge in [-0.15, -0.1) is 22.7 Å². The van der Waals surface area contributed by atoms with Crippen molar-refractivity contribution >= 4 is 44.7 Å². The van der Waals surface area contributed by atoms with Gasteiger partial charge < -0.3 is 9.64 Å². The number of hydrogen-bond donors (Lipinski definition) is 1. The van der Waals surface area contributed by atoms with Crippen LogP contribution in [0.25, 0.3) is 10.2 Å². The number of aryl methyl sites for hydroxylation is 3. The summed E-state index contributed by atoms with van der Waals surface area (Å²) in [4.78, 5) is 18.8. The van der Waals surface area contributed by atoms with Gasteiger partial charge in [0.15, 0.2) is 10.2 Å². The van der Waals surface area contributed by atoms with Crippen molar-refractivity contribution in [3.63, 3.8) is 0 Å². The number of morpholine rings is 1. The van der Waals surface area contributed by atoms with Crippen molar-refractivity contribution in [3.05, 3.63) is 27.3 Å². The number of thiazole rings is 1. The average molecular weight is 406 g/mol. The number of hydrogen-bond acceptors (Lipinski definition) is 7. The first-order chi connectivity index (χ1) is 12.8. The van der Waals surface area contributed by atoms with Gasteiger partial charge in [-0.2, -0.15) is 0 Å². The average Bonchev–Trinajstić information content (AvgIpc) is 3.32. The van der Waals surface area contributed by atoms with Crippen molar-refractivity contribution in [1.29, 1.82) is 0 Å². The molecule has 3 aromatic heterocycles. The highest BCUT2D eigenvalue weighted by Gasteiger charge is 2.24. The lowest BCUT2D eigenvalue weighted by atomic mass is 10.2. The zero-order valence-corrected chi connectivity index (χ0v) is 17.2. The summed E-state index contributed by atoms with van der Waals surface area (Å²) in [7, 11) is 0. The summed E-state index contributed by atoms with van der Waals surface area (Å²) in [6, 6.07) is 0. The first-order valence-electron chi connectivity index (χ1n) is 9.09. The van der Waals surface area contributed by atoms with Crippen LogP contribution in [-0.4, -0.2) is 41.3 Å². The van der Waals surface area contributed by atoms with E-state index < -0.39 is 0 Å². The second kappa shape index (κ2) is 7.16. The van der Waals surface area contributed by atoms with E-state index in [-0.39, 0.29) is 0 Å². The third-order valence-electron chi connectivity index (χ3n) is 4.97. The summed E-state index contributed by atoms with van der Waals surface area (Å²) in [5, 5.41) is 4.50. The highest BCUT2D eigenvalue weighted by atomic mass is 32.2. The summed E-state index contributed by atoms with van der Waals surface area (Å²) < 4.78 is 6.56. The number of aromatic nitrogens is 3. The van der Waals surface area contributed by atoms with E-state index in [9.17, 15) is 0 Å². The molecule has 3 aromatic rings. The molecule has 0 saturated carbocycles. The lowest BCUT2D eigenvalue weighted by Crippen LogP contribution is -3.12. The van der Waals surface area contributed by atoms with Crippen molar-refractivity contribution in [2.24, 2.45) is 0 Å². The van der Waals surface area contributed by atoms with E-state index in [4.69, 9.17) is 14.7 Å². The predicted octanol–water partition coefficient (Wildman–Crippen LogP) is 2.51. The first-order valence-corrected chi connectivity index (χ1v) is 11.6. The molecular weight excluding hydrogens is 384 g/mol. The van der Waals surface area contributed by atoms with Crippen LogP contribution < -0.4 is 4.90 Å². The molecule has 0 radical (unpaired) electrons. The normalized spacial score (nSPS) is 17.9. The van der Waals surface area contributed by atoms with Gasteiger partial charge in [0.1, 0.15) is 29.5 Å². The van der Waals surface area contributed by atoms with Crippen molar-refractivity contribution in [2.45, 2.75) is 42.1 Å². The van der Waals surface area contributed by atoms with Crippen LogP contribution in [0.3, 0.4) is 0 Å². The number of thiophene rings is 1. The molecule has 0 spiro atoms. The monoisotopic (exact) mass is 405 g/mol. The minimum absolute atomic E-state index is 0.838. The third-order valence-corrected chi connectivity index (χ3v) is 8.20. The highest BCUT2D eigenvalue weighted by molar-refractivity contribution is 8.01. The fourth-order valence-electron chi connectivity index (χ4n) is 3.68. The maximum absolute atomic E-state index is 5.48. The Kier molecular flexibility index (Phi) is 4.70. The van der Waals surface area contributed by atoms with Crippen LogP contribution in [0.2, 0.25) is 0 Å². The molecule has 1 aliphatic carbocycles. The Morgan fingerprint density at radius 3 is 2.88 bits per heavy atom. The maximum atomic E-state index is 5.48. The number of fused-ring (bicyclic) bond motifs is 3. The van der Waals surface area contributed by atoms with Crippen LogP contribution >= 0.6 is 34.4 Å². The second-order valence-corrected chi connectivity index (χ2v) is 10.1. The van der Waals surface area contributed by atoms with Crippen molar-refractivity contribution in [1.82, 2.24) is 15.0 Å². The molecule has 0 unspecified atom stereocenters. The molecule has 1 aliphatic heterocycles. The van der Waals surface area contributed by atoms with E-state index >= 15 is 0 Å². The molecule has 1 fully saturated rings. The second-order valence-electron chi connectivity index (χ2n) is 6.88. The standard InChI is InChI=1S/C18H20N4OS3/c1-11-10-24-18(19-11)26-17-15-12-3-2-4-13(12)25-16(15)20-14(21-17)9-22-5-7-23-8-6-22/h10H,2-9H2,1H3/p+1. The number of nitrogens with one attached hydrogen (secondary N) is 1. The molecule has 4 heterocycles. The Labute approximate surface area is 164 Å². The van der Waals surface area contributed by atoms with Crippen molar-refractivity contribution in [2.75, 3.05) is 26.3 Å². The molecule has 0 aromatic carbocycles. The summed E-state index contributed by atoms with van der Waals surface area (Å²) in [6.07, 6.45) is 3.62. The summed E-state index contributed by atoms with van der Waals surface area (Å²) >= 11 is 5.29. The molecule has 26 heavy (non-hydrogen) atoms. The van der Waals surface area contributed by atoms with Gasteiger partial charge in [0.2, 0.25) is 0 Å². The minimum Gasteiger partial charge on any atom is -0.370 e. The number of nitrogens with zero attached hydrogens (tertiary/aromatic N) is 3. The van der Waals surface area contributed by atoms with Crippen LogP contribution in [0.4, 0.5) is 0 Å². The smallest absolute Gasteiger partial charge is 0.186 e. The van der Waals surface area contributed by atoms with Gasteiger partial charge in [-0.3, -0.25) is 0 Å². The topological polar surface area (TPSA) is 52.3 Å². The zero-order valence-electron chi connectivity index (χ0n) is 14.7. The predicted molar refractivity (Wildman–Crippen MR) is 106 cm³/mol. The molecule has 0 bridgehead atoms. The molecule has 0 amide bonds. The molecule has 0 atom stereocenters. The Morgan fingerprint density at radius 1 is 1.19 bits per heavy atom. The number of rotatable bonds is 4. The van der Waals surface area contributed by atoms with E-state index in [2.05, 4.69) is 10.4 Å². The van der Waals surface area contributed by atoms with E-state index in [1.165, 1.54) is 38.4 Å². The third kappa shape index (κ3) is 3.29. The van der Waals surface area contributed by atoms with Gasteiger partial charge in [0, 0.05) is 21.3 Å². The van der Waals surface area contributed by atoms with Crippen molar-refractivity contribution < 1.29 is 9.64 Å². The molecule has 1 saturated heterocycles. The largest absolute Gasteiger partial charge is 0.370 e. The highest BCUT2D eigenvalue weighted by Crippen LogP contribution is 2.42. The summed E-state index contributed by atoms with van der Waals surface area (Å²) in [5.41, 5.74) is 2.57. The Morgan fingerprint density at radius 2 is 2.08 bits per heavy atom. The fraction of sp³-hybridized carbons (Fsp3) is 0.500. The molecule has 136 valence electrons. The van der Waals surface area contributed by atoms with Gasteiger partial charge >= 0.3 is 0 Å². The Hall–Kier alpha value is -1.06. The summed E-state index contributed by atoms with van der Waals surface area (Å²) in [6.45, 7) is 6.68. The van der Waals surface area contributed by atoms with E-state index in [0.29, 0.717) is 0 Å². The van der Waals surface area contributed by atoms with Gasteiger partial charge in [-0.05, 0) is 43.5 Å². The lowest BCUT2D eigenvalue weighted by Gasteiger charge is -2.23. The number of ether oxygens (including phenoxy) is 1. The van der Waals surface area contributed by atoms with Crippen LogP contribution in [0.1, 0.15) is 28.4 Å². The summed E-state index contributed by atoms with van der Waals surface area (Å²) in [5.74, 6) is 0.963. The van der Waals surface area contributed by atoms with Gasteiger partial charge in [0.25, 0.3) is 0 Å². The molecule has 8 heteroatoms. The zero-order chi connectivity index (χ0) is 17.5. The number of quaternary nitrogens is 1. The minimum atomic E-state index is 0.838. The maximum Gasteiger partial charge on any atom is 0.186 e. The quantitative estimate of drug-likeness (QED) is 0.676. The van der Waals surface area contributed by atoms with Gasteiger partial charge in [-0.25, -0.2) is 15.0 Å². The van der Waals surface area contributed by atoms with Crippen LogP contribution in [0, 0.1) is 6.92 Å².